The maximum absolute atomic E-state index is 11.0. The molecule has 120 valence electrons. The van der Waals surface area contributed by atoms with Gasteiger partial charge in [-0.3, -0.25) is 14.9 Å². The summed E-state index contributed by atoms with van der Waals surface area (Å²) in [5, 5.41) is 23.6. The van der Waals surface area contributed by atoms with Gasteiger partial charge in [-0.1, -0.05) is 5.16 Å². The molecule has 1 saturated carbocycles. The Morgan fingerprint density at radius 3 is 2.43 bits per heavy atom. The monoisotopic (exact) mass is 317 g/mol. The van der Waals surface area contributed by atoms with Crippen LogP contribution in [-0.2, 0) is 4.79 Å². The topological polar surface area (TPSA) is 119 Å². The Morgan fingerprint density at radius 2 is 1.87 bits per heavy atom. The molecule has 1 aromatic carbocycles. The van der Waals surface area contributed by atoms with Gasteiger partial charge in [0.15, 0.2) is 0 Å². The van der Waals surface area contributed by atoms with Crippen LogP contribution in [0.15, 0.2) is 28.8 Å². The van der Waals surface area contributed by atoms with Gasteiger partial charge < -0.3 is 9.63 Å². The van der Waals surface area contributed by atoms with Crippen molar-refractivity contribution in [1.82, 2.24) is 10.1 Å². The van der Waals surface area contributed by atoms with E-state index in [1.165, 1.54) is 12.1 Å². The number of carboxylic acid groups (broad SMARTS) is 1. The van der Waals surface area contributed by atoms with E-state index >= 15 is 0 Å². The van der Waals surface area contributed by atoms with Gasteiger partial charge in [0, 0.05) is 23.6 Å². The van der Waals surface area contributed by atoms with Gasteiger partial charge in [-0.05, 0) is 37.8 Å². The number of rotatable bonds is 4. The Kier molecular flexibility index (Phi) is 4.05. The Labute approximate surface area is 131 Å². The number of benzene rings is 1. The molecule has 1 aliphatic carbocycles. The van der Waals surface area contributed by atoms with Gasteiger partial charge in [-0.2, -0.15) is 4.98 Å². The molecule has 0 aliphatic heterocycles. The predicted octanol–water partition coefficient (Wildman–Crippen LogP) is 3.00. The third-order valence-electron chi connectivity index (χ3n) is 4.20. The number of non-ortho nitro benzene ring substituents is 1. The zero-order valence-corrected chi connectivity index (χ0v) is 12.2. The highest BCUT2D eigenvalue weighted by Gasteiger charge is 2.29. The number of carbonyl (C=O) groups is 1. The average Bonchev–Trinajstić information content (AvgIpc) is 3.05. The fourth-order valence-electron chi connectivity index (χ4n) is 2.84. The molecule has 1 fully saturated rings. The average molecular weight is 317 g/mol. The lowest BCUT2D eigenvalue weighted by Gasteiger charge is -2.23. The number of carboxylic acids is 1. The Bertz CT molecular complexity index is 717. The van der Waals surface area contributed by atoms with E-state index in [1.54, 1.807) is 12.1 Å². The van der Waals surface area contributed by atoms with Crippen LogP contribution < -0.4 is 0 Å². The van der Waals surface area contributed by atoms with E-state index in [4.69, 9.17) is 9.63 Å². The fraction of sp³-hybridized carbons (Fsp3) is 0.400. The molecule has 0 atom stereocenters. The van der Waals surface area contributed by atoms with Crippen molar-refractivity contribution in [2.24, 2.45) is 5.92 Å². The smallest absolute Gasteiger partial charge is 0.306 e. The molecule has 1 N–H and O–H groups in total. The first-order chi connectivity index (χ1) is 11.0. The van der Waals surface area contributed by atoms with Crippen molar-refractivity contribution in [3.63, 3.8) is 0 Å². The standard InChI is InChI=1S/C15H15N3O5/c19-15(20)11-3-1-10(2-4-11)14-16-13(17-23-14)9-5-7-12(8-6-9)18(21)22/h5-8,10-11H,1-4H2,(H,19,20). The summed E-state index contributed by atoms with van der Waals surface area (Å²) < 4.78 is 5.29. The lowest BCUT2D eigenvalue weighted by Crippen LogP contribution is -2.20. The van der Waals surface area contributed by atoms with E-state index in [0.29, 0.717) is 43.0 Å². The third-order valence-corrected chi connectivity index (χ3v) is 4.20. The summed E-state index contributed by atoms with van der Waals surface area (Å²) in [7, 11) is 0. The van der Waals surface area contributed by atoms with Crippen LogP contribution in [0, 0.1) is 16.0 Å². The van der Waals surface area contributed by atoms with Crippen LogP contribution in [0.25, 0.3) is 11.4 Å². The molecule has 0 amide bonds. The molecule has 8 nitrogen and oxygen atoms in total. The largest absolute Gasteiger partial charge is 0.481 e. The zero-order valence-electron chi connectivity index (χ0n) is 12.2. The van der Waals surface area contributed by atoms with Crippen molar-refractivity contribution < 1.29 is 19.3 Å². The first-order valence-corrected chi connectivity index (χ1v) is 7.36. The van der Waals surface area contributed by atoms with Gasteiger partial charge in [0.05, 0.1) is 10.8 Å². The van der Waals surface area contributed by atoms with Crippen molar-refractivity contribution in [2.45, 2.75) is 31.6 Å². The molecule has 1 aliphatic rings. The number of nitro groups is 1. The van der Waals surface area contributed by atoms with Crippen LogP contribution in [0.5, 0.6) is 0 Å². The molecule has 0 spiro atoms. The molecule has 1 heterocycles. The van der Waals surface area contributed by atoms with Crippen LogP contribution in [0.2, 0.25) is 0 Å². The summed E-state index contributed by atoms with van der Waals surface area (Å²) in [6.45, 7) is 0. The van der Waals surface area contributed by atoms with E-state index < -0.39 is 10.9 Å². The van der Waals surface area contributed by atoms with Crippen LogP contribution >= 0.6 is 0 Å². The maximum Gasteiger partial charge on any atom is 0.306 e. The molecule has 0 unspecified atom stereocenters. The highest BCUT2D eigenvalue weighted by Crippen LogP contribution is 2.35. The highest BCUT2D eigenvalue weighted by molar-refractivity contribution is 5.70. The molecule has 0 radical (unpaired) electrons. The Hall–Kier alpha value is -2.77. The summed E-state index contributed by atoms with van der Waals surface area (Å²) >= 11 is 0. The van der Waals surface area contributed by atoms with Crippen molar-refractivity contribution >= 4 is 11.7 Å². The van der Waals surface area contributed by atoms with Gasteiger partial charge in [0.1, 0.15) is 0 Å². The maximum atomic E-state index is 11.0. The van der Waals surface area contributed by atoms with Gasteiger partial charge in [-0.15, -0.1) is 0 Å². The predicted molar refractivity (Wildman–Crippen MR) is 78.7 cm³/mol. The lowest BCUT2D eigenvalue weighted by molar-refractivity contribution is -0.384. The summed E-state index contributed by atoms with van der Waals surface area (Å²) in [6.07, 6.45) is 2.63. The van der Waals surface area contributed by atoms with E-state index in [2.05, 4.69) is 10.1 Å². The second-order valence-corrected chi connectivity index (χ2v) is 5.65. The summed E-state index contributed by atoms with van der Waals surface area (Å²) in [5.41, 5.74) is 0.647. The Balaban J connectivity index is 1.71. The molecule has 0 saturated heterocycles. The highest BCUT2D eigenvalue weighted by atomic mass is 16.6. The normalized spacial score (nSPS) is 21.0. The second-order valence-electron chi connectivity index (χ2n) is 5.65. The number of aromatic nitrogens is 2. The third kappa shape index (κ3) is 3.20. The molecule has 2 aromatic rings. The molecule has 1 aromatic heterocycles. The zero-order chi connectivity index (χ0) is 16.4. The molecule has 0 bridgehead atoms. The van der Waals surface area contributed by atoms with E-state index in [9.17, 15) is 14.9 Å². The van der Waals surface area contributed by atoms with Gasteiger partial charge in [0.2, 0.25) is 11.7 Å². The molecule has 23 heavy (non-hydrogen) atoms. The van der Waals surface area contributed by atoms with Gasteiger partial charge in [-0.25, -0.2) is 0 Å². The first-order valence-electron chi connectivity index (χ1n) is 7.36. The van der Waals surface area contributed by atoms with E-state index in [0.717, 1.165) is 0 Å². The number of aliphatic carboxylic acids is 1. The van der Waals surface area contributed by atoms with Crippen molar-refractivity contribution in [1.29, 1.82) is 0 Å². The van der Waals surface area contributed by atoms with Crippen molar-refractivity contribution in [3.05, 3.63) is 40.3 Å². The van der Waals surface area contributed by atoms with Crippen LogP contribution in [-0.4, -0.2) is 26.1 Å². The van der Waals surface area contributed by atoms with Crippen LogP contribution in [0.4, 0.5) is 5.69 Å². The summed E-state index contributed by atoms with van der Waals surface area (Å²) in [6, 6.07) is 5.94. The SMILES string of the molecule is O=C(O)C1CCC(c2nc(-c3ccc([N+](=O)[O-])cc3)no2)CC1. The minimum absolute atomic E-state index is 0.00413. The van der Waals surface area contributed by atoms with E-state index in [1.807, 2.05) is 0 Å². The first kappa shape index (κ1) is 15.1. The van der Waals surface area contributed by atoms with Gasteiger partial charge >= 0.3 is 5.97 Å². The quantitative estimate of drug-likeness (QED) is 0.679. The van der Waals surface area contributed by atoms with Gasteiger partial charge in [0.25, 0.3) is 5.69 Å². The number of hydrogen-bond acceptors (Lipinski definition) is 6. The molecule has 8 heteroatoms. The number of nitro benzene ring substituents is 1. The van der Waals surface area contributed by atoms with Crippen molar-refractivity contribution in [3.8, 4) is 11.4 Å². The van der Waals surface area contributed by atoms with Crippen molar-refractivity contribution in [2.75, 3.05) is 0 Å². The summed E-state index contributed by atoms with van der Waals surface area (Å²) in [4.78, 5) is 25.5. The van der Waals surface area contributed by atoms with Crippen LogP contribution in [0.1, 0.15) is 37.5 Å². The lowest BCUT2D eigenvalue weighted by atomic mass is 9.82. The fourth-order valence-corrected chi connectivity index (χ4v) is 2.84. The minimum atomic E-state index is -0.749. The Morgan fingerprint density at radius 1 is 1.22 bits per heavy atom. The van der Waals surface area contributed by atoms with E-state index in [-0.39, 0.29) is 17.5 Å². The molecular weight excluding hydrogens is 302 g/mol. The van der Waals surface area contributed by atoms with Crippen LogP contribution in [0.3, 0.4) is 0 Å². The summed E-state index contributed by atoms with van der Waals surface area (Å²) in [5.74, 6) is -0.0776. The minimum Gasteiger partial charge on any atom is -0.481 e. The number of hydrogen-bond donors (Lipinski definition) is 1. The second kappa shape index (κ2) is 6.15. The molecular formula is C15H15N3O5. The molecule has 3 rings (SSSR count). The number of nitrogens with zero attached hydrogens (tertiary/aromatic N) is 3.